The van der Waals surface area contributed by atoms with E-state index in [-0.39, 0.29) is 42.5 Å². The van der Waals surface area contributed by atoms with E-state index in [0.717, 1.165) is 24.8 Å². The fraction of sp³-hybridized carbons (Fsp3) is 0.615. The number of hydrogen-bond donors (Lipinski definition) is 8. The minimum atomic E-state index is -2.55. The van der Waals surface area contributed by atoms with Crippen molar-refractivity contribution >= 4 is 23.9 Å². The first-order valence-electron chi connectivity index (χ1n) is 13.7. The van der Waals surface area contributed by atoms with Gasteiger partial charge in [-0.1, -0.05) is 26.0 Å². The molecule has 10 N–H and O–H groups in total. The summed E-state index contributed by atoms with van der Waals surface area (Å²) in [6, 6.07) is 2.71. The average molecular weight is 557 g/mol. The van der Waals surface area contributed by atoms with Gasteiger partial charge in [-0.3, -0.25) is 20.4 Å². The van der Waals surface area contributed by atoms with E-state index in [0.29, 0.717) is 17.9 Å². The van der Waals surface area contributed by atoms with Crippen molar-refractivity contribution < 1.29 is 29.5 Å². The number of aliphatic imine (C=N–C) groups is 1. The molecule has 4 heterocycles. The number of benzene rings is 1. The zero-order chi connectivity index (χ0) is 28.6. The minimum absolute atomic E-state index is 0.0291. The Kier molecular flexibility index (Phi) is 5.86. The number of rotatable bonds is 5. The zero-order valence-corrected chi connectivity index (χ0v) is 22.9. The van der Waals surface area contributed by atoms with Crippen molar-refractivity contribution in [1.29, 1.82) is 0 Å². The fourth-order valence-corrected chi connectivity index (χ4v) is 6.47. The van der Waals surface area contributed by atoms with E-state index in [2.05, 4.69) is 39.8 Å². The number of nitrogens with two attached hydrogens (primary N) is 2. The Hall–Kier alpha value is -3.78. The van der Waals surface area contributed by atoms with Crippen LogP contribution in [-0.2, 0) is 5.41 Å². The Bertz CT molecular complexity index is 1310. The highest BCUT2D eigenvalue weighted by Crippen LogP contribution is 2.43. The molecule has 216 valence electrons. The summed E-state index contributed by atoms with van der Waals surface area (Å²) in [4.78, 5) is 36.9. The number of amides is 3. The highest BCUT2D eigenvalue weighted by atomic mass is 16.5. The van der Waals surface area contributed by atoms with Crippen LogP contribution in [0.1, 0.15) is 49.0 Å². The standard InChI is InChI=1S/C26H37N9O5/c1-24(2)9-10-40-18-14(5-4-6-15(18)24)20(36)31-17-12-35-22(28)30-16(11-29-23(37)34(3)13-7-8-13)19-25(35,26(17,38)39)33-21(27)32-19/h4-6,13,16-17,19,38-39H,7-12H2,1-3H3,(H2,28,30)(H,29,37)(H,31,36)(H3,27,32,33)/p+1/t16-,17?,19-,25?/m0/s1. The largest absolute Gasteiger partial charge is 0.492 e. The van der Waals surface area contributed by atoms with E-state index < -0.39 is 35.5 Å². The molecule has 1 aromatic carbocycles. The topological polar surface area (TPSA) is 205 Å². The maximum Gasteiger partial charge on any atom is 0.343 e. The SMILES string of the molecule is CN(C(=O)NC[C@@H]1N=C(N)N2CC(NC(=O)c3cccc4c3OCCC4(C)C)C(O)(O)C23NC(N)=[NH+][C@@H]13)C1CC1. The molecule has 0 radical (unpaired) electrons. The maximum atomic E-state index is 13.6. The van der Waals surface area contributed by atoms with Gasteiger partial charge in [-0.15, -0.1) is 0 Å². The zero-order valence-electron chi connectivity index (χ0n) is 22.9. The monoisotopic (exact) mass is 556 g/mol. The molecule has 1 spiro atoms. The van der Waals surface area contributed by atoms with E-state index in [1.165, 1.54) is 4.90 Å². The molecule has 2 unspecified atom stereocenters. The molecule has 3 amide bonds. The number of fused-ring (bicyclic) bond motifs is 1. The number of hydrogen-bond acceptors (Lipinski definition) is 10. The smallest absolute Gasteiger partial charge is 0.343 e. The molecule has 0 aromatic heterocycles. The van der Waals surface area contributed by atoms with Crippen LogP contribution in [0.25, 0.3) is 0 Å². The lowest BCUT2D eigenvalue weighted by molar-refractivity contribution is -0.521. The molecular formula is C26H38N9O5+. The molecule has 1 aliphatic carbocycles. The first kappa shape index (κ1) is 26.4. The quantitative estimate of drug-likeness (QED) is 0.169. The van der Waals surface area contributed by atoms with Gasteiger partial charge >= 0.3 is 12.0 Å². The van der Waals surface area contributed by atoms with Crippen molar-refractivity contribution in [1.82, 2.24) is 25.8 Å². The van der Waals surface area contributed by atoms with Crippen molar-refractivity contribution in [3.05, 3.63) is 29.3 Å². The Morgan fingerprint density at radius 3 is 2.77 bits per heavy atom. The predicted octanol–water partition coefficient (Wildman–Crippen LogP) is -3.59. The van der Waals surface area contributed by atoms with Crippen LogP contribution in [0.15, 0.2) is 23.2 Å². The summed E-state index contributed by atoms with van der Waals surface area (Å²) in [5.41, 5.74) is 11.9. The van der Waals surface area contributed by atoms with Crippen molar-refractivity contribution in [3.63, 3.8) is 0 Å². The number of carbonyl (C=O) groups excluding carboxylic acids is 2. The summed E-state index contributed by atoms with van der Waals surface area (Å²) in [7, 11) is 1.74. The van der Waals surface area contributed by atoms with Crippen LogP contribution in [0, 0.1) is 0 Å². The molecular weight excluding hydrogens is 518 g/mol. The highest BCUT2D eigenvalue weighted by Gasteiger charge is 2.76. The van der Waals surface area contributed by atoms with Crippen LogP contribution in [0.4, 0.5) is 4.79 Å². The molecule has 6 rings (SSSR count). The van der Waals surface area contributed by atoms with Crippen molar-refractivity contribution in [3.8, 4) is 5.75 Å². The predicted molar refractivity (Wildman–Crippen MR) is 144 cm³/mol. The van der Waals surface area contributed by atoms with E-state index in [9.17, 15) is 19.8 Å². The third kappa shape index (κ3) is 3.84. The van der Waals surface area contributed by atoms with Gasteiger partial charge in [0.05, 0.1) is 18.7 Å². The summed E-state index contributed by atoms with van der Waals surface area (Å²) in [5, 5.41) is 32.1. The van der Waals surface area contributed by atoms with E-state index >= 15 is 0 Å². The van der Waals surface area contributed by atoms with Gasteiger partial charge in [0.15, 0.2) is 12.0 Å². The average Bonchev–Trinajstić information content (AvgIpc) is 3.64. The molecule has 1 aromatic rings. The van der Waals surface area contributed by atoms with Crippen LogP contribution in [0.2, 0.25) is 0 Å². The normalized spacial score (nSPS) is 30.9. The van der Waals surface area contributed by atoms with Gasteiger partial charge in [-0.25, -0.2) is 15.1 Å². The summed E-state index contributed by atoms with van der Waals surface area (Å²) < 4.78 is 5.90. The number of urea groups is 1. The van der Waals surface area contributed by atoms with Crippen molar-refractivity contribution in [2.24, 2.45) is 16.5 Å². The summed E-state index contributed by atoms with van der Waals surface area (Å²) in [6.45, 7) is 4.69. The second-order valence-corrected chi connectivity index (χ2v) is 12.0. The fourth-order valence-electron chi connectivity index (χ4n) is 6.47. The number of carbonyl (C=O) groups is 2. The first-order valence-corrected chi connectivity index (χ1v) is 13.7. The molecule has 4 aliphatic heterocycles. The third-order valence-electron chi connectivity index (χ3n) is 9.03. The van der Waals surface area contributed by atoms with Gasteiger partial charge in [-0.05, 0) is 30.7 Å². The van der Waals surface area contributed by atoms with Gasteiger partial charge in [0.2, 0.25) is 5.79 Å². The van der Waals surface area contributed by atoms with Crippen LogP contribution in [0.5, 0.6) is 5.75 Å². The molecule has 2 fully saturated rings. The molecule has 14 heteroatoms. The van der Waals surface area contributed by atoms with Crippen molar-refractivity contribution in [2.45, 2.75) is 74.1 Å². The Morgan fingerprint density at radius 2 is 2.05 bits per heavy atom. The number of nitrogens with one attached hydrogen (secondary N) is 4. The van der Waals surface area contributed by atoms with E-state index in [4.69, 9.17) is 16.2 Å². The second-order valence-electron chi connectivity index (χ2n) is 12.0. The minimum Gasteiger partial charge on any atom is -0.492 e. The van der Waals surface area contributed by atoms with Crippen LogP contribution >= 0.6 is 0 Å². The lowest BCUT2D eigenvalue weighted by Crippen LogP contribution is -2.90. The maximum absolute atomic E-state index is 13.6. The van der Waals surface area contributed by atoms with Gasteiger partial charge in [0.1, 0.15) is 17.8 Å². The number of nitrogens with zero attached hydrogens (tertiary/aromatic N) is 3. The molecule has 4 atom stereocenters. The first-order chi connectivity index (χ1) is 18.9. The number of aliphatic hydroxyl groups is 2. The summed E-state index contributed by atoms with van der Waals surface area (Å²) >= 11 is 0. The lowest BCUT2D eigenvalue weighted by atomic mass is 9.79. The second kappa shape index (κ2) is 8.86. The molecule has 14 nitrogen and oxygen atoms in total. The van der Waals surface area contributed by atoms with Gasteiger partial charge in [0, 0.05) is 25.2 Å². The Balaban J connectivity index is 1.26. The molecule has 5 aliphatic rings. The molecule has 40 heavy (non-hydrogen) atoms. The number of para-hydroxylation sites is 1. The van der Waals surface area contributed by atoms with E-state index in [1.807, 2.05) is 6.07 Å². The molecule has 1 saturated carbocycles. The number of ether oxygens (including phenoxy) is 1. The highest BCUT2D eigenvalue weighted by molar-refractivity contribution is 5.98. The summed E-state index contributed by atoms with van der Waals surface area (Å²) in [5.74, 6) is -2.44. The third-order valence-corrected chi connectivity index (χ3v) is 9.03. The molecule has 0 bridgehead atoms. The van der Waals surface area contributed by atoms with Crippen LogP contribution in [-0.4, -0.2) is 106 Å². The Morgan fingerprint density at radius 1 is 1.30 bits per heavy atom. The number of guanidine groups is 2. The van der Waals surface area contributed by atoms with E-state index in [1.54, 1.807) is 24.1 Å². The van der Waals surface area contributed by atoms with Gasteiger partial charge in [0.25, 0.3) is 11.6 Å². The Labute approximate surface area is 231 Å². The van der Waals surface area contributed by atoms with Crippen LogP contribution in [0.3, 0.4) is 0 Å². The van der Waals surface area contributed by atoms with Crippen LogP contribution < -0.4 is 37.1 Å². The van der Waals surface area contributed by atoms with Gasteiger partial charge < -0.3 is 36.2 Å². The van der Waals surface area contributed by atoms with Crippen molar-refractivity contribution in [2.75, 3.05) is 26.7 Å². The lowest BCUT2D eigenvalue weighted by Gasteiger charge is -2.46. The van der Waals surface area contributed by atoms with Gasteiger partial charge in [-0.2, -0.15) is 0 Å². The molecule has 1 saturated heterocycles. The summed E-state index contributed by atoms with van der Waals surface area (Å²) in [6.07, 6.45) is 2.75.